The van der Waals surface area contributed by atoms with E-state index in [9.17, 15) is 14.0 Å². The number of nitrogens with zero attached hydrogens (tertiary/aromatic N) is 1. The molecule has 3 rings (SSSR count). The molecule has 2 aromatic carbocycles. The molecule has 0 bridgehead atoms. The third-order valence-corrected chi connectivity index (χ3v) is 4.29. The second kappa shape index (κ2) is 10.6. The van der Waals surface area contributed by atoms with E-state index < -0.39 is 18.0 Å². The number of hydrazine groups is 1. The first-order chi connectivity index (χ1) is 14.5. The van der Waals surface area contributed by atoms with Crippen LogP contribution in [0, 0.1) is 5.82 Å². The fourth-order valence-electron chi connectivity index (χ4n) is 2.88. The van der Waals surface area contributed by atoms with Crippen molar-refractivity contribution in [3.05, 3.63) is 59.9 Å². The summed E-state index contributed by atoms with van der Waals surface area (Å²) < 4.78 is 30.5. The Kier molecular flexibility index (Phi) is 7.58. The molecule has 8 nitrogen and oxygen atoms in total. The number of halogens is 1. The van der Waals surface area contributed by atoms with Gasteiger partial charge in [-0.3, -0.25) is 15.1 Å². The molecule has 2 aromatic rings. The molecule has 2 N–H and O–H groups in total. The molecular weight excluding hydrogens is 393 g/mol. The number of cyclic esters (lactones) is 1. The lowest BCUT2D eigenvalue weighted by Crippen LogP contribution is -2.41. The van der Waals surface area contributed by atoms with E-state index in [0.717, 1.165) is 5.56 Å². The highest BCUT2D eigenvalue weighted by Crippen LogP contribution is 2.27. The van der Waals surface area contributed by atoms with Gasteiger partial charge in [-0.15, -0.1) is 0 Å². The fraction of sp³-hybridized carbons (Fsp3) is 0.333. The van der Waals surface area contributed by atoms with Crippen LogP contribution in [0.4, 0.5) is 14.9 Å². The molecule has 1 fully saturated rings. The molecule has 1 saturated heterocycles. The molecule has 1 heterocycles. The zero-order valence-electron chi connectivity index (χ0n) is 16.6. The largest absolute Gasteiger partial charge is 0.488 e. The van der Waals surface area contributed by atoms with Crippen molar-refractivity contribution in [3.8, 4) is 5.75 Å². The molecule has 1 aliphatic rings. The van der Waals surface area contributed by atoms with Crippen LogP contribution in [0.2, 0.25) is 0 Å². The first kappa shape index (κ1) is 21.5. The molecule has 0 saturated carbocycles. The number of benzene rings is 2. The van der Waals surface area contributed by atoms with E-state index in [4.69, 9.17) is 14.2 Å². The summed E-state index contributed by atoms with van der Waals surface area (Å²) in [6.45, 7) is 2.82. The van der Waals surface area contributed by atoms with Gasteiger partial charge in [0, 0.05) is 13.0 Å². The average molecular weight is 417 g/mol. The van der Waals surface area contributed by atoms with Crippen molar-refractivity contribution >= 4 is 17.7 Å². The van der Waals surface area contributed by atoms with Gasteiger partial charge in [-0.1, -0.05) is 30.3 Å². The number of rotatable bonds is 10. The molecule has 0 unspecified atom stereocenters. The van der Waals surface area contributed by atoms with Crippen LogP contribution >= 0.6 is 0 Å². The minimum absolute atomic E-state index is 0.0819. The molecule has 2 amide bonds. The van der Waals surface area contributed by atoms with Gasteiger partial charge in [0.2, 0.25) is 5.91 Å². The quantitative estimate of drug-likeness (QED) is 0.456. The van der Waals surface area contributed by atoms with Gasteiger partial charge < -0.3 is 14.2 Å². The predicted molar refractivity (Wildman–Crippen MR) is 107 cm³/mol. The Morgan fingerprint density at radius 2 is 2.03 bits per heavy atom. The van der Waals surface area contributed by atoms with Crippen molar-refractivity contribution < 1.29 is 28.2 Å². The molecule has 0 radical (unpaired) electrons. The lowest BCUT2D eigenvalue weighted by Gasteiger charge is -2.15. The van der Waals surface area contributed by atoms with Gasteiger partial charge in [-0.25, -0.2) is 14.6 Å². The maximum Gasteiger partial charge on any atom is 0.414 e. The van der Waals surface area contributed by atoms with Gasteiger partial charge >= 0.3 is 6.09 Å². The Morgan fingerprint density at radius 3 is 2.77 bits per heavy atom. The minimum atomic E-state index is -0.580. The fourth-order valence-corrected chi connectivity index (χ4v) is 2.88. The van der Waals surface area contributed by atoms with Gasteiger partial charge in [0.1, 0.15) is 12.7 Å². The normalized spacial score (nSPS) is 15.7. The molecule has 0 aliphatic carbocycles. The van der Waals surface area contributed by atoms with Crippen molar-refractivity contribution in [1.82, 2.24) is 10.9 Å². The number of carbonyl (C=O) groups is 2. The van der Waals surface area contributed by atoms with Crippen molar-refractivity contribution in [3.63, 3.8) is 0 Å². The van der Waals surface area contributed by atoms with Crippen LogP contribution in [0.25, 0.3) is 0 Å². The zero-order chi connectivity index (χ0) is 21.3. The molecule has 0 spiro atoms. The summed E-state index contributed by atoms with van der Waals surface area (Å²) in [5, 5.41) is 0. The molecular formula is C21H24FN3O5. The summed E-state index contributed by atoms with van der Waals surface area (Å²) >= 11 is 0. The number of hydrogen-bond acceptors (Lipinski definition) is 6. The first-order valence-corrected chi connectivity index (χ1v) is 9.54. The van der Waals surface area contributed by atoms with E-state index in [2.05, 4.69) is 10.9 Å². The number of anilines is 1. The van der Waals surface area contributed by atoms with E-state index in [1.54, 1.807) is 6.07 Å². The summed E-state index contributed by atoms with van der Waals surface area (Å²) in [4.78, 5) is 24.2. The SMILES string of the molecule is CC(=O)NNC[C@H]1CN(c2ccc(OCCOCc3ccccc3)c(F)c2)C(=O)O1. The standard InChI is InChI=1S/C21H24FN3O5/c1-15(26)24-23-12-18-13-25(21(27)30-18)17-7-8-20(19(22)11-17)29-10-9-28-14-16-5-3-2-4-6-16/h2-8,11,18,23H,9-10,12-14H2,1H3,(H,24,26)/t18-/m0/s1. The number of ether oxygens (including phenoxy) is 3. The lowest BCUT2D eigenvalue weighted by molar-refractivity contribution is -0.120. The van der Waals surface area contributed by atoms with E-state index in [1.807, 2.05) is 30.3 Å². The predicted octanol–water partition coefficient (Wildman–Crippen LogP) is 2.39. The maximum absolute atomic E-state index is 14.4. The Labute approximate surface area is 173 Å². The van der Waals surface area contributed by atoms with Crippen LogP contribution in [0.1, 0.15) is 12.5 Å². The summed E-state index contributed by atoms with van der Waals surface area (Å²) in [6.07, 6.45) is -1.04. The van der Waals surface area contributed by atoms with Crippen molar-refractivity contribution in [2.24, 2.45) is 0 Å². The van der Waals surface area contributed by atoms with E-state index in [0.29, 0.717) is 18.9 Å². The summed E-state index contributed by atoms with van der Waals surface area (Å²) in [5.41, 5.74) is 6.50. The van der Waals surface area contributed by atoms with Gasteiger partial charge in [0.25, 0.3) is 0 Å². The highest BCUT2D eigenvalue weighted by atomic mass is 19.1. The second-order valence-corrected chi connectivity index (χ2v) is 6.68. The van der Waals surface area contributed by atoms with Crippen LogP contribution in [0.5, 0.6) is 5.75 Å². The molecule has 1 atom stereocenters. The second-order valence-electron chi connectivity index (χ2n) is 6.68. The third-order valence-electron chi connectivity index (χ3n) is 4.29. The molecule has 9 heteroatoms. The minimum Gasteiger partial charge on any atom is -0.488 e. The van der Waals surface area contributed by atoms with E-state index in [-0.39, 0.29) is 31.4 Å². The maximum atomic E-state index is 14.4. The van der Waals surface area contributed by atoms with Gasteiger partial charge in [0.05, 0.1) is 32.0 Å². The number of nitrogens with one attached hydrogen (secondary N) is 2. The van der Waals surface area contributed by atoms with Gasteiger partial charge in [-0.05, 0) is 17.7 Å². The highest BCUT2D eigenvalue weighted by Gasteiger charge is 2.32. The Balaban J connectivity index is 1.45. The first-order valence-electron chi connectivity index (χ1n) is 9.54. The molecule has 160 valence electrons. The van der Waals surface area contributed by atoms with Crippen molar-refractivity contribution in [2.45, 2.75) is 19.6 Å². The van der Waals surface area contributed by atoms with Crippen molar-refractivity contribution in [1.29, 1.82) is 0 Å². The zero-order valence-corrected chi connectivity index (χ0v) is 16.6. The topological polar surface area (TPSA) is 89.1 Å². The highest BCUT2D eigenvalue weighted by molar-refractivity contribution is 5.89. The number of hydrogen-bond donors (Lipinski definition) is 2. The van der Waals surface area contributed by atoms with E-state index in [1.165, 1.54) is 24.0 Å². The van der Waals surface area contributed by atoms with Crippen LogP contribution < -0.4 is 20.5 Å². The van der Waals surface area contributed by atoms with Crippen LogP contribution in [0.3, 0.4) is 0 Å². The molecule has 30 heavy (non-hydrogen) atoms. The van der Waals surface area contributed by atoms with Gasteiger partial charge in [0.15, 0.2) is 11.6 Å². The monoisotopic (exact) mass is 417 g/mol. The van der Waals surface area contributed by atoms with Crippen LogP contribution in [0.15, 0.2) is 48.5 Å². The smallest absolute Gasteiger partial charge is 0.414 e. The van der Waals surface area contributed by atoms with E-state index >= 15 is 0 Å². The summed E-state index contributed by atoms with van der Waals surface area (Å²) in [7, 11) is 0. The number of amides is 2. The van der Waals surface area contributed by atoms with Crippen molar-refractivity contribution in [2.75, 3.05) is 31.2 Å². The lowest BCUT2D eigenvalue weighted by atomic mass is 10.2. The van der Waals surface area contributed by atoms with Gasteiger partial charge in [-0.2, -0.15) is 0 Å². The summed E-state index contributed by atoms with van der Waals surface area (Å²) in [5.74, 6) is -0.749. The number of carbonyl (C=O) groups excluding carboxylic acids is 2. The summed E-state index contributed by atoms with van der Waals surface area (Å²) in [6, 6.07) is 14.0. The molecule has 1 aliphatic heterocycles. The Hall–Kier alpha value is -3.17. The Bertz CT molecular complexity index is 865. The average Bonchev–Trinajstić information content (AvgIpc) is 3.09. The Morgan fingerprint density at radius 1 is 1.23 bits per heavy atom. The van der Waals surface area contributed by atoms with Crippen LogP contribution in [-0.4, -0.2) is 44.4 Å². The van der Waals surface area contributed by atoms with Crippen LogP contribution in [-0.2, 0) is 20.9 Å². The third kappa shape index (κ3) is 6.16. The molecule has 0 aromatic heterocycles.